The molecular weight excluding hydrogens is 438 g/mol. The molecule has 1 heterocycles. The first-order valence-electron chi connectivity index (χ1n) is 13.7. The lowest BCUT2D eigenvalue weighted by molar-refractivity contribution is -0.135. The van der Waals surface area contributed by atoms with Gasteiger partial charge in [-0.2, -0.15) is 0 Å². The Morgan fingerprint density at radius 2 is 1.61 bits per heavy atom. The van der Waals surface area contributed by atoms with E-state index in [0.29, 0.717) is 11.8 Å². The van der Waals surface area contributed by atoms with Gasteiger partial charge in [0.05, 0.1) is 5.41 Å². The molecule has 3 aromatic rings. The van der Waals surface area contributed by atoms with Crippen LogP contribution in [-0.2, 0) is 11.2 Å². The van der Waals surface area contributed by atoms with Gasteiger partial charge in [-0.3, -0.25) is 4.79 Å². The Morgan fingerprint density at radius 3 is 2.28 bits per heavy atom. The number of amides is 1. The van der Waals surface area contributed by atoms with Crippen molar-refractivity contribution in [3.8, 4) is 11.1 Å². The van der Waals surface area contributed by atoms with Gasteiger partial charge < -0.3 is 4.90 Å². The second-order valence-corrected chi connectivity index (χ2v) is 10.8. The molecule has 1 amide bonds. The molecule has 2 aliphatic rings. The number of hydrogen-bond acceptors (Lipinski definition) is 1. The third-order valence-electron chi connectivity index (χ3n) is 7.42. The van der Waals surface area contributed by atoms with E-state index in [2.05, 4.69) is 87.5 Å². The zero-order chi connectivity index (χ0) is 25.4. The molecule has 5 rings (SSSR count). The van der Waals surface area contributed by atoms with E-state index in [1.807, 2.05) is 29.3 Å². The maximum absolute atomic E-state index is 13.1. The largest absolute Gasteiger partial charge is 0.319 e. The summed E-state index contributed by atoms with van der Waals surface area (Å²) in [5, 5.41) is 0. The van der Waals surface area contributed by atoms with Gasteiger partial charge in [-0.25, -0.2) is 0 Å². The highest BCUT2D eigenvalue weighted by Crippen LogP contribution is 2.42. The molecule has 0 spiro atoms. The zero-order valence-corrected chi connectivity index (χ0v) is 22.2. The first kappa shape index (κ1) is 25.9. The molecule has 1 aliphatic carbocycles. The standard InChI is InChI=1S/C21H31NO.C13H10/c1-4-5-9-13-21(17-18(2)3)14-16-22(20(21)23)15-12-19-10-7-6-8-11-19;1-2-4-10(5-3-1)11-6-7-12-9-13(12)8-11/h6-8,10-12,15,18H,4-5,9,13-14,16-17H2,1-3H3;1-8H,9H2/b15-12+;. The smallest absolute Gasteiger partial charge is 0.232 e. The summed E-state index contributed by atoms with van der Waals surface area (Å²) in [7, 11) is 0. The normalized spacial score (nSPS) is 18.3. The van der Waals surface area contributed by atoms with Crippen LogP contribution in [0.4, 0.5) is 0 Å². The minimum atomic E-state index is -0.121. The highest BCUT2D eigenvalue weighted by Gasteiger charge is 2.45. The van der Waals surface area contributed by atoms with Gasteiger partial charge >= 0.3 is 0 Å². The van der Waals surface area contributed by atoms with Gasteiger partial charge in [0, 0.05) is 12.7 Å². The predicted molar refractivity (Wildman–Crippen MR) is 153 cm³/mol. The molecule has 1 fully saturated rings. The molecule has 1 aliphatic heterocycles. The minimum Gasteiger partial charge on any atom is -0.319 e. The molecule has 2 heteroatoms. The Bertz CT molecular complexity index is 1150. The number of unbranched alkanes of at least 4 members (excludes halogenated alkanes) is 2. The van der Waals surface area contributed by atoms with E-state index in [4.69, 9.17) is 0 Å². The number of nitrogens with zero attached hydrogens (tertiary/aromatic N) is 1. The van der Waals surface area contributed by atoms with E-state index in [9.17, 15) is 4.79 Å². The third kappa shape index (κ3) is 6.75. The van der Waals surface area contributed by atoms with Crippen molar-refractivity contribution < 1.29 is 4.79 Å². The first-order valence-corrected chi connectivity index (χ1v) is 13.7. The zero-order valence-electron chi connectivity index (χ0n) is 22.2. The Hall–Kier alpha value is -3.13. The van der Waals surface area contributed by atoms with Crippen LogP contribution in [-0.4, -0.2) is 17.4 Å². The van der Waals surface area contributed by atoms with Gasteiger partial charge in [0.25, 0.3) is 0 Å². The highest BCUT2D eigenvalue weighted by molar-refractivity contribution is 5.86. The highest BCUT2D eigenvalue weighted by atomic mass is 16.2. The summed E-state index contributed by atoms with van der Waals surface area (Å²) >= 11 is 0. The van der Waals surface area contributed by atoms with Crippen molar-refractivity contribution in [1.82, 2.24) is 4.90 Å². The number of carbonyl (C=O) groups excluding carboxylic acids is 1. The number of likely N-dealkylation sites (tertiary alicyclic amines) is 1. The summed E-state index contributed by atoms with van der Waals surface area (Å²) in [6.45, 7) is 7.55. The molecule has 2 nitrogen and oxygen atoms in total. The molecule has 1 saturated heterocycles. The molecular formula is C34H41NO. The molecule has 36 heavy (non-hydrogen) atoms. The summed E-state index contributed by atoms with van der Waals surface area (Å²) in [4.78, 5) is 15.0. The fourth-order valence-electron chi connectivity index (χ4n) is 5.46. The molecule has 0 N–H and O–H groups in total. The first-order chi connectivity index (χ1) is 17.5. The molecule has 3 aromatic carbocycles. The number of hydrogen-bond donors (Lipinski definition) is 0. The summed E-state index contributed by atoms with van der Waals surface area (Å²) < 4.78 is 0. The Kier molecular flexibility index (Phi) is 8.80. The van der Waals surface area contributed by atoms with Gasteiger partial charge in [-0.1, -0.05) is 119 Å². The van der Waals surface area contributed by atoms with Crippen LogP contribution in [0, 0.1) is 11.3 Å². The van der Waals surface area contributed by atoms with E-state index in [0.717, 1.165) is 31.4 Å². The molecule has 0 bridgehead atoms. The summed E-state index contributed by atoms with van der Waals surface area (Å²) in [5.74, 6) is 0.910. The van der Waals surface area contributed by atoms with Crippen molar-refractivity contribution in [2.75, 3.05) is 6.54 Å². The molecule has 188 valence electrons. The minimum absolute atomic E-state index is 0.121. The third-order valence-corrected chi connectivity index (χ3v) is 7.42. The summed E-state index contributed by atoms with van der Waals surface area (Å²) in [6, 6.07) is 27.5. The lowest BCUT2D eigenvalue weighted by Crippen LogP contribution is -2.33. The van der Waals surface area contributed by atoms with E-state index < -0.39 is 0 Å². The maximum Gasteiger partial charge on any atom is 0.232 e. The van der Waals surface area contributed by atoms with Crippen LogP contribution in [0.2, 0.25) is 0 Å². The van der Waals surface area contributed by atoms with Crippen molar-refractivity contribution >= 4 is 12.0 Å². The van der Waals surface area contributed by atoms with Crippen LogP contribution in [0.5, 0.6) is 0 Å². The van der Waals surface area contributed by atoms with Gasteiger partial charge in [-0.15, -0.1) is 0 Å². The van der Waals surface area contributed by atoms with Crippen molar-refractivity contribution in [3.63, 3.8) is 0 Å². The van der Waals surface area contributed by atoms with Gasteiger partial charge in [0.15, 0.2) is 0 Å². The van der Waals surface area contributed by atoms with E-state index in [1.54, 1.807) is 0 Å². The Labute approximate surface area is 218 Å². The summed E-state index contributed by atoms with van der Waals surface area (Å²) in [5.41, 5.74) is 6.72. The van der Waals surface area contributed by atoms with Crippen LogP contribution < -0.4 is 0 Å². The van der Waals surface area contributed by atoms with Crippen LogP contribution in [0.15, 0.2) is 85.1 Å². The number of fused-ring (bicyclic) bond motifs is 1. The monoisotopic (exact) mass is 479 g/mol. The predicted octanol–water partition coefficient (Wildman–Crippen LogP) is 8.76. The van der Waals surface area contributed by atoms with Gasteiger partial charge in [0.2, 0.25) is 5.91 Å². The molecule has 0 saturated carbocycles. The van der Waals surface area contributed by atoms with E-state index >= 15 is 0 Å². The van der Waals surface area contributed by atoms with Crippen LogP contribution in [0.1, 0.15) is 76.0 Å². The molecule has 0 aromatic heterocycles. The van der Waals surface area contributed by atoms with Crippen molar-refractivity contribution in [2.45, 2.75) is 65.7 Å². The fourth-order valence-corrected chi connectivity index (χ4v) is 5.46. The summed E-state index contributed by atoms with van der Waals surface area (Å²) in [6.07, 6.45) is 11.9. The topological polar surface area (TPSA) is 20.3 Å². The second-order valence-electron chi connectivity index (χ2n) is 10.8. The second kappa shape index (κ2) is 12.2. The Morgan fingerprint density at radius 1 is 0.889 bits per heavy atom. The number of carbonyl (C=O) groups is 1. The lowest BCUT2D eigenvalue weighted by atomic mass is 9.75. The van der Waals surface area contributed by atoms with Crippen molar-refractivity contribution in [2.24, 2.45) is 11.3 Å². The van der Waals surface area contributed by atoms with Crippen LogP contribution >= 0.6 is 0 Å². The quantitative estimate of drug-likeness (QED) is 0.220. The SMILES string of the molecule is CCCCCC1(CC(C)C)CCN(/C=C/c2ccccc2)C1=O.c1ccc(-c2ccc3c(c2)C3)cc1. The van der Waals surface area contributed by atoms with Crippen molar-refractivity contribution in [1.29, 1.82) is 0 Å². The molecule has 0 radical (unpaired) electrons. The maximum atomic E-state index is 13.1. The number of rotatable bonds is 9. The lowest BCUT2D eigenvalue weighted by Gasteiger charge is -2.29. The Balaban J connectivity index is 0.000000195. The molecule has 1 atom stereocenters. The van der Waals surface area contributed by atoms with Crippen LogP contribution in [0.3, 0.4) is 0 Å². The van der Waals surface area contributed by atoms with Crippen molar-refractivity contribution in [3.05, 3.63) is 102 Å². The molecule has 1 unspecified atom stereocenters. The van der Waals surface area contributed by atoms with Gasteiger partial charge in [0.1, 0.15) is 0 Å². The average molecular weight is 480 g/mol. The average Bonchev–Trinajstić information content (AvgIpc) is 3.62. The number of benzene rings is 3. The van der Waals surface area contributed by atoms with E-state index in [1.165, 1.54) is 47.9 Å². The van der Waals surface area contributed by atoms with Gasteiger partial charge in [-0.05, 0) is 65.5 Å². The fraction of sp³-hybridized carbons (Fsp3) is 0.382. The van der Waals surface area contributed by atoms with Crippen LogP contribution in [0.25, 0.3) is 17.2 Å². The van der Waals surface area contributed by atoms with E-state index in [-0.39, 0.29) is 5.41 Å².